The molecule has 1 aromatic heterocycles. The van der Waals surface area contributed by atoms with Gasteiger partial charge in [-0.25, -0.2) is 14.2 Å². The summed E-state index contributed by atoms with van der Waals surface area (Å²) in [4.78, 5) is 15.6. The quantitative estimate of drug-likeness (QED) is 0.809. The molecule has 0 saturated heterocycles. The van der Waals surface area contributed by atoms with Crippen molar-refractivity contribution in [3.8, 4) is 0 Å². The van der Waals surface area contributed by atoms with E-state index < -0.39 is 11.8 Å². The number of nitrogens with zero attached hydrogens (tertiary/aromatic N) is 1. The maximum atomic E-state index is 12.7. The molecule has 6 heteroatoms. The van der Waals surface area contributed by atoms with Crippen molar-refractivity contribution in [3.63, 3.8) is 0 Å². The molecule has 110 valence electrons. The van der Waals surface area contributed by atoms with Crippen LogP contribution >= 0.6 is 0 Å². The molecule has 5 nitrogen and oxygen atoms in total. The molecule has 0 radical (unpaired) electrons. The lowest BCUT2D eigenvalue weighted by Crippen LogP contribution is -2.20. The van der Waals surface area contributed by atoms with E-state index >= 15 is 0 Å². The lowest BCUT2D eigenvalue weighted by Gasteiger charge is -2.13. The number of halogens is 1. The van der Waals surface area contributed by atoms with Crippen LogP contribution in [0, 0.1) is 5.82 Å². The van der Waals surface area contributed by atoms with E-state index in [9.17, 15) is 9.18 Å². The van der Waals surface area contributed by atoms with Gasteiger partial charge in [0, 0.05) is 11.7 Å². The third kappa shape index (κ3) is 4.25. The molecular weight excluding hydrogens is 271 g/mol. The number of aromatic nitrogens is 1. The van der Waals surface area contributed by atoms with Crippen molar-refractivity contribution >= 4 is 17.5 Å². The second-order valence-corrected chi connectivity index (χ2v) is 4.58. The molecule has 0 fully saturated rings. The third-order valence-corrected chi connectivity index (χ3v) is 3.05. The first-order chi connectivity index (χ1) is 10.1. The number of amides is 2. The van der Waals surface area contributed by atoms with Gasteiger partial charge in [0.25, 0.3) is 0 Å². The molecule has 1 unspecified atom stereocenters. The van der Waals surface area contributed by atoms with Crippen LogP contribution in [0.2, 0.25) is 0 Å². The summed E-state index contributed by atoms with van der Waals surface area (Å²) < 4.78 is 12.7. The van der Waals surface area contributed by atoms with Gasteiger partial charge in [-0.05, 0) is 43.8 Å². The van der Waals surface area contributed by atoms with Gasteiger partial charge in [0.1, 0.15) is 11.6 Å². The summed E-state index contributed by atoms with van der Waals surface area (Å²) >= 11 is 0. The van der Waals surface area contributed by atoms with E-state index in [0.29, 0.717) is 5.69 Å². The summed E-state index contributed by atoms with van der Waals surface area (Å²) in [5.41, 5.74) is 1.74. The van der Waals surface area contributed by atoms with E-state index in [2.05, 4.69) is 20.9 Å². The Morgan fingerprint density at radius 3 is 2.71 bits per heavy atom. The SMILES string of the molecule is CNC(C)c1cccc(NC(=O)Nc2ccc(F)cn2)c1. The van der Waals surface area contributed by atoms with E-state index in [1.807, 2.05) is 32.2 Å². The Hall–Kier alpha value is -2.47. The molecule has 2 amide bonds. The van der Waals surface area contributed by atoms with Crippen LogP contribution in [-0.2, 0) is 0 Å². The van der Waals surface area contributed by atoms with Gasteiger partial charge in [0.15, 0.2) is 0 Å². The van der Waals surface area contributed by atoms with Gasteiger partial charge in [-0.3, -0.25) is 5.32 Å². The maximum Gasteiger partial charge on any atom is 0.324 e. The van der Waals surface area contributed by atoms with Crippen molar-refractivity contribution in [2.75, 3.05) is 17.7 Å². The Bertz CT molecular complexity index is 615. The van der Waals surface area contributed by atoms with Crippen molar-refractivity contribution < 1.29 is 9.18 Å². The average Bonchev–Trinajstić information content (AvgIpc) is 2.49. The molecule has 2 rings (SSSR count). The van der Waals surface area contributed by atoms with Crippen LogP contribution in [0.1, 0.15) is 18.5 Å². The Balaban J connectivity index is 2.01. The molecular formula is C15H17FN4O. The first kappa shape index (κ1) is 14.9. The van der Waals surface area contributed by atoms with Crippen molar-refractivity contribution in [2.45, 2.75) is 13.0 Å². The predicted molar refractivity (Wildman–Crippen MR) is 80.8 cm³/mol. The van der Waals surface area contributed by atoms with Crippen LogP contribution < -0.4 is 16.0 Å². The van der Waals surface area contributed by atoms with Crippen LogP contribution in [0.3, 0.4) is 0 Å². The van der Waals surface area contributed by atoms with E-state index in [-0.39, 0.29) is 11.9 Å². The number of anilines is 2. The summed E-state index contributed by atoms with van der Waals surface area (Å²) in [6.45, 7) is 2.03. The predicted octanol–water partition coefficient (Wildman–Crippen LogP) is 3.15. The normalized spacial score (nSPS) is 11.8. The zero-order valence-electron chi connectivity index (χ0n) is 11.9. The highest BCUT2D eigenvalue weighted by molar-refractivity contribution is 5.99. The number of nitrogens with one attached hydrogen (secondary N) is 3. The Labute approximate surface area is 122 Å². The molecule has 21 heavy (non-hydrogen) atoms. The average molecular weight is 288 g/mol. The molecule has 1 aromatic carbocycles. The lowest BCUT2D eigenvalue weighted by molar-refractivity contribution is 0.262. The monoisotopic (exact) mass is 288 g/mol. The van der Waals surface area contributed by atoms with Crippen LogP contribution in [0.4, 0.5) is 20.7 Å². The van der Waals surface area contributed by atoms with E-state index in [1.165, 1.54) is 12.1 Å². The number of benzene rings is 1. The Morgan fingerprint density at radius 1 is 1.24 bits per heavy atom. The highest BCUT2D eigenvalue weighted by Crippen LogP contribution is 2.17. The molecule has 0 saturated carbocycles. The van der Waals surface area contributed by atoms with Gasteiger partial charge >= 0.3 is 6.03 Å². The fourth-order valence-electron chi connectivity index (χ4n) is 1.78. The molecule has 1 atom stereocenters. The van der Waals surface area contributed by atoms with Crippen molar-refractivity contribution in [2.24, 2.45) is 0 Å². The van der Waals surface area contributed by atoms with Gasteiger partial charge in [0.05, 0.1) is 6.20 Å². The summed E-state index contributed by atoms with van der Waals surface area (Å²) in [7, 11) is 1.87. The van der Waals surface area contributed by atoms with Gasteiger partial charge in [0.2, 0.25) is 0 Å². The second-order valence-electron chi connectivity index (χ2n) is 4.58. The van der Waals surface area contributed by atoms with Gasteiger partial charge < -0.3 is 10.6 Å². The van der Waals surface area contributed by atoms with Crippen molar-refractivity contribution in [1.82, 2.24) is 10.3 Å². The molecule has 0 spiro atoms. The zero-order chi connectivity index (χ0) is 15.2. The first-order valence-electron chi connectivity index (χ1n) is 6.55. The number of hydrogen-bond acceptors (Lipinski definition) is 3. The van der Waals surface area contributed by atoms with E-state index in [1.54, 1.807) is 6.07 Å². The fourth-order valence-corrected chi connectivity index (χ4v) is 1.78. The highest BCUT2D eigenvalue weighted by atomic mass is 19.1. The fraction of sp³-hybridized carbons (Fsp3) is 0.200. The third-order valence-electron chi connectivity index (χ3n) is 3.05. The van der Waals surface area contributed by atoms with Gasteiger partial charge in [-0.2, -0.15) is 0 Å². The maximum absolute atomic E-state index is 12.7. The van der Waals surface area contributed by atoms with Gasteiger partial charge in [-0.15, -0.1) is 0 Å². The minimum absolute atomic E-state index is 0.188. The molecule has 0 aliphatic carbocycles. The standard InChI is InChI=1S/C15H17FN4O/c1-10(17-2)11-4-3-5-13(8-11)19-15(21)20-14-7-6-12(16)9-18-14/h3-10,17H,1-2H3,(H2,18,19,20,21). The van der Waals surface area contributed by atoms with E-state index in [0.717, 1.165) is 11.8 Å². The molecule has 2 aromatic rings. The highest BCUT2D eigenvalue weighted by Gasteiger charge is 2.06. The first-order valence-corrected chi connectivity index (χ1v) is 6.55. The van der Waals surface area contributed by atoms with E-state index in [4.69, 9.17) is 0 Å². The molecule has 3 N–H and O–H groups in total. The minimum Gasteiger partial charge on any atom is -0.313 e. The van der Waals surface area contributed by atoms with Crippen molar-refractivity contribution in [1.29, 1.82) is 0 Å². The summed E-state index contributed by atoms with van der Waals surface area (Å²) in [5.74, 6) is -0.164. The van der Waals surface area contributed by atoms with Gasteiger partial charge in [-0.1, -0.05) is 12.1 Å². The summed E-state index contributed by atoms with van der Waals surface area (Å²) in [6, 6.07) is 9.92. The number of carbonyl (C=O) groups excluding carboxylic acids is 1. The summed E-state index contributed by atoms with van der Waals surface area (Å²) in [6.07, 6.45) is 1.05. The minimum atomic E-state index is -0.449. The van der Waals surface area contributed by atoms with Crippen LogP contribution in [0.25, 0.3) is 0 Å². The Morgan fingerprint density at radius 2 is 2.05 bits per heavy atom. The topological polar surface area (TPSA) is 66.0 Å². The summed E-state index contributed by atoms with van der Waals surface area (Å²) in [5, 5.41) is 8.38. The second kappa shape index (κ2) is 6.81. The largest absolute Gasteiger partial charge is 0.324 e. The van der Waals surface area contributed by atoms with Crippen LogP contribution in [0.5, 0.6) is 0 Å². The number of hydrogen-bond donors (Lipinski definition) is 3. The Kier molecular flexibility index (Phi) is 4.84. The molecule has 0 aliphatic heterocycles. The number of carbonyl (C=O) groups is 1. The lowest BCUT2D eigenvalue weighted by atomic mass is 10.1. The number of urea groups is 1. The molecule has 0 aliphatic rings. The molecule has 1 heterocycles. The number of rotatable bonds is 4. The zero-order valence-corrected chi connectivity index (χ0v) is 11.9. The number of pyridine rings is 1. The van der Waals surface area contributed by atoms with Crippen LogP contribution in [-0.4, -0.2) is 18.1 Å². The molecule has 0 bridgehead atoms. The van der Waals surface area contributed by atoms with Crippen LogP contribution in [0.15, 0.2) is 42.6 Å². The smallest absolute Gasteiger partial charge is 0.313 e. The van der Waals surface area contributed by atoms with Crippen molar-refractivity contribution in [3.05, 3.63) is 54.0 Å².